The number of hydrogen-bond acceptors (Lipinski definition) is 8. The lowest BCUT2D eigenvalue weighted by Crippen LogP contribution is -2.49. The van der Waals surface area contributed by atoms with E-state index in [1.54, 1.807) is 24.3 Å². The van der Waals surface area contributed by atoms with Gasteiger partial charge in [0.2, 0.25) is 11.8 Å². The number of aromatic nitrogens is 2. The van der Waals surface area contributed by atoms with Gasteiger partial charge in [0.25, 0.3) is 11.1 Å². The Morgan fingerprint density at radius 1 is 1.03 bits per heavy atom. The summed E-state index contributed by atoms with van der Waals surface area (Å²) in [5, 5.41) is 11.4. The number of carbonyl (C=O) groups is 2. The molecule has 0 aliphatic carbocycles. The van der Waals surface area contributed by atoms with Crippen LogP contribution in [0.15, 0.2) is 64.2 Å². The highest BCUT2D eigenvalue weighted by Crippen LogP contribution is 2.19. The van der Waals surface area contributed by atoms with Gasteiger partial charge in [-0.3, -0.25) is 9.59 Å². The van der Waals surface area contributed by atoms with E-state index in [4.69, 9.17) is 20.8 Å². The fourth-order valence-electron chi connectivity index (χ4n) is 3.34. The van der Waals surface area contributed by atoms with Gasteiger partial charge >= 0.3 is 0 Å². The summed E-state index contributed by atoms with van der Waals surface area (Å²) in [6, 6.07) is 16.9. The van der Waals surface area contributed by atoms with Crippen LogP contribution >= 0.6 is 23.4 Å². The number of para-hydroxylation sites is 1. The monoisotopic (exact) mass is 501 g/mol. The Morgan fingerprint density at radius 2 is 1.76 bits per heavy atom. The van der Waals surface area contributed by atoms with Crippen LogP contribution in [0.4, 0.5) is 5.69 Å². The molecule has 2 aromatic carbocycles. The summed E-state index contributed by atoms with van der Waals surface area (Å²) in [5.74, 6) is 0.722. The van der Waals surface area contributed by atoms with E-state index >= 15 is 0 Å². The quantitative estimate of drug-likeness (QED) is 0.447. The largest absolute Gasteiger partial charge is 0.484 e. The van der Waals surface area contributed by atoms with Gasteiger partial charge in [0.15, 0.2) is 6.61 Å². The van der Waals surface area contributed by atoms with Crippen molar-refractivity contribution in [1.29, 1.82) is 0 Å². The number of piperazine rings is 1. The zero-order valence-corrected chi connectivity index (χ0v) is 19.9. The minimum Gasteiger partial charge on any atom is -0.484 e. The number of thioether (sulfide) groups is 1. The number of halogens is 1. The number of hydrogen-bond donors (Lipinski definition) is 1. The fourth-order valence-corrected chi connectivity index (χ4v) is 4.15. The summed E-state index contributed by atoms with van der Waals surface area (Å²) in [6.45, 7) is 2.87. The zero-order chi connectivity index (χ0) is 23.8. The smallest absolute Gasteiger partial charge is 0.277 e. The van der Waals surface area contributed by atoms with Gasteiger partial charge in [0, 0.05) is 36.9 Å². The number of rotatable bonds is 9. The number of amides is 2. The molecule has 1 aliphatic heterocycles. The summed E-state index contributed by atoms with van der Waals surface area (Å²) >= 11 is 7.01. The van der Waals surface area contributed by atoms with Crippen LogP contribution in [0.2, 0.25) is 5.02 Å². The molecular weight excluding hydrogens is 478 g/mol. The third-order valence-corrected chi connectivity index (χ3v) is 6.20. The van der Waals surface area contributed by atoms with Crippen LogP contribution in [-0.4, -0.2) is 65.5 Å². The van der Waals surface area contributed by atoms with Gasteiger partial charge in [-0.25, -0.2) is 0 Å². The first-order valence-corrected chi connectivity index (χ1v) is 12.1. The van der Waals surface area contributed by atoms with Crippen molar-refractivity contribution in [2.75, 3.05) is 43.4 Å². The number of nitrogens with one attached hydrogen (secondary N) is 1. The van der Waals surface area contributed by atoms with E-state index in [1.165, 1.54) is 17.4 Å². The molecule has 1 saturated heterocycles. The van der Waals surface area contributed by atoms with Crippen molar-refractivity contribution >= 4 is 40.9 Å². The SMILES string of the molecule is O=C(COc1ccc(Cl)cc1)NCc1nnc(SCC(=O)N2CCN(c3ccccc3)CC2)o1. The van der Waals surface area contributed by atoms with E-state index in [9.17, 15) is 9.59 Å². The summed E-state index contributed by atoms with van der Waals surface area (Å²) in [5.41, 5.74) is 1.17. The van der Waals surface area contributed by atoms with Gasteiger partial charge in [-0.15, -0.1) is 10.2 Å². The average molecular weight is 502 g/mol. The predicted octanol–water partition coefficient (Wildman–Crippen LogP) is 2.86. The zero-order valence-electron chi connectivity index (χ0n) is 18.4. The molecule has 0 spiro atoms. The van der Waals surface area contributed by atoms with Crippen molar-refractivity contribution in [1.82, 2.24) is 20.4 Å². The molecule has 3 aromatic rings. The second kappa shape index (κ2) is 11.8. The molecule has 0 unspecified atom stereocenters. The van der Waals surface area contributed by atoms with Crippen molar-refractivity contribution < 1.29 is 18.7 Å². The average Bonchev–Trinajstić information content (AvgIpc) is 3.34. The summed E-state index contributed by atoms with van der Waals surface area (Å²) in [7, 11) is 0. The summed E-state index contributed by atoms with van der Waals surface area (Å²) in [6.07, 6.45) is 0. The van der Waals surface area contributed by atoms with Gasteiger partial charge in [0.05, 0.1) is 12.3 Å². The fraction of sp³-hybridized carbons (Fsp3) is 0.304. The van der Waals surface area contributed by atoms with Crippen molar-refractivity contribution in [3.05, 3.63) is 65.5 Å². The molecule has 0 radical (unpaired) electrons. The van der Waals surface area contributed by atoms with Gasteiger partial charge in [-0.2, -0.15) is 0 Å². The minimum absolute atomic E-state index is 0.0325. The highest BCUT2D eigenvalue weighted by atomic mass is 35.5. The number of carbonyl (C=O) groups excluding carboxylic acids is 2. The molecule has 178 valence electrons. The van der Waals surface area contributed by atoms with Crippen LogP contribution in [0.3, 0.4) is 0 Å². The third kappa shape index (κ3) is 6.88. The van der Waals surface area contributed by atoms with Gasteiger partial charge in [-0.05, 0) is 36.4 Å². The normalized spacial score (nSPS) is 13.6. The minimum atomic E-state index is -0.327. The number of ether oxygens (including phenoxy) is 1. The van der Waals surface area contributed by atoms with Crippen LogP contribution in [0.5, 0.6) is 5.75 Å². The van der Waals surface area contributed by atoms with Crippen LogP contribution in [0, 0.1) is 0 Å². The highest BCUT2D eigenvalue weighted by molar-refractivity contribution is 7.99. The van der Waals surface area contributed by atoms with Crippen molar-refractivity contribution in [3.8, 4) is 5.75 Å². The van der Waals surface area contributed by atoms with Crippen LogP contribution < -0.4 is 15.0 Å². The van der Waals surface area contributed by atoms with Crippen molar-refractivity contribution in [3.63, 3.8) is 0 Å². The Kier molecular flexibility index (Phi) is 8.26. The predicted molar refractivity (Wildman–Crippen MR) is 129 cm³/mol. The van der Waals surface area contributed by atoms with E-state index in [2.05, 4.69) is 32.5 Å². The lowest BCUT2D eigenvalue weighted by molar-refractivity contribution is -0.128. The first-order valence-electron chi connectivity index (χ1n) is 10.7. The van der Waals surface area contributed by atoms with E-state index in [0.29, 0.717) is 23.9 Å². The maximum atomic E-state index is 12.6. The standard InChI is InChI=1S/C23H24ClN5O4S/c24-17-6-8-19(9-7-17)32-15-20(30)25-14-21-26-27-23(33-21)34-16-22(31)29-12-10-28(11-13-29)18-4-2-1-3-5-18/h1-9H,10-16H2,(H,25,30). The van der Waals surface area contributed by atoms with Gasteiger partial charge < -0.3 is 24.3 Å². The Morgan fingerprint density at radius 3 is 2.50 bits per heavy atom. The van der Waals surface area contributed by atoms with Crippen LogP contribution in [-0.2, 0) is 16.1 Å². The first kappa shape index (κ1) is 23.9. The Balaban J connectivity index is 1.14. The summed E-state index contributed by atoms with van der Waals surface area (Å²) < 4.78 is 10.9. The highest BCUT2D eigenvalue weighted by Gasteiger charge is 2.22. The second-order valence-corrected chi connectivity index (χ2v) is 8.84. The molecule has 0 saturated carbocycles. The van der Waals surface area contributed by atoms with E-state index < -0.39 is 0 Å². The van der Waals surface area contributed by atoms with Crippen molar-refractivity contribution in [2.24, 2.45) is 0 Å². The molecule has 0 atom stereocenters. The molecule has 1 N–H and O–H groups in total. The lowest BCUT2D eigenvalue weighted by Gasteiger charge is -2.36. The molecule has 4 rings (SSSR count). The third-order valence-electron chi connectivity index (χ3n) is 5.14. The van der Waals surface area contributed by atoms with Gasteiger partial charge in [-0.1, -0.05) is 41.6 Å². The number of benzene rings is 2. The number of nitrogens with zero attached hydrogens (tertiary/aromatic N) is 4. The first-order chi connectivity index (χ1) is 16.6. The van der Waals surface area contributed by atoms with Crippen LogP contribution in [0.25, 0.3) is 0 Å². The molecule has 34 heavy (non-hydrogen) atoms. The maximum Gasteiger partial charge on any atom is 0.277 e. The molecule has 1 aromatic heterocycles. The Labute approximate surface area is 206 Å². The Bertz CT molecular complexity index is 1090. The van der Waals surface area contributed by atoms with Crippen LogP contribution in [0.1, 0.15) is 5.89 Å². The topological polar surface area (TPSA) is 101 Å². The maximum absolute atomic E-state index is 12.6. The number of anilines is 1. The molecule has 9 nitrogen and oxygen atoms in total. The van der Waals surface area contributed by atoms with Gasteiger partial charge in [0.1, 0.15) is 5.75 Å². The summed E-state index contributed by atoms with van der Waals surface area (Å²) in [4.78, 5) is 28.6. The molecular formula is C23H24ClN5O4S. The molecule has 2 heterocycles. The molecule has 1 fully saturated rings. The van der Waals surface area contributed by atoms with E-state index in [0.717, 1.165) is 13.1 Å². The van der Waals surface area contributed by atoms with E-state index in [1.807, 2.05) is 23.1 Å². The molecule has 0 bridgehead atoms. The van der Waals surface area contributed by atoms with Crippen molar-refractivity contribution in [2.45, 2.75) is 11.8 Å². The molecule has 2 amide bonds. The molecule has 11 heteroatoms. The molecule has 1 aliphatic rings. The Hall–Kier alpha value is -3.24. The van der Waals surface area contributed by atoms with E-state index in [-0.39, 0.29) is 41.8 Å². The lowest BCUT2D eigenvalue weighted by atomic mass is 10.2. The second-order valence-electron chi connectivity index (χ2n) is 7.47.